The summed E-state index contributed by atoms with van der Waals surface area (Å²) in [5.74, 6) is 0.427. The smallest absolute Gasteiger partial charge is 0.0471 e. The molecule has 19 heavy (non-hydrogen) atoms. The second-order valence-electron chi connectivity index (χ2n) is 4.81. The molecule has 0 saturated carbocycles. The van der Waals surface area contributed by atoms with Crippen LogP contribution in [-0.4, -0.2) is 4.98 Å². The van der Waals surface area contributed by atoms with Gasteiger partial charge < -0.3 is 4.98 Å². The lowest BCUT2D eigenvalue weighted by Gasteiger charge is -2.14. The number of benzene rings is 2. The molecule has 96 valence electrons. The molecule has 0 aliphatic rings. The lowest BCUT2D eigenvalue weighted by molar-refractivity contribution is 0.783. The lowest BCUT2D eigenvalue weighted by Crippen LogP contribution is -1.98. The fourth-order valence-corrected chi connectivity index (χ4v) is 2.90. The molecule has 1 unspecified atom stereocenters. The molecule has 0 fully saturated rings. The summed E-state index contributed by atoms with van der Waals surface area (Å²) in [5, 5.41) is 2.04. The molecule has 3 rings (SSSR count). The summed E-state index contributed by atoms with van der Waals surface area (Å²) in [5.41, 5.74) is 3.82. The molecule has 0 radical (unpaired) electrons. The Bertz CT molecular complexity index is 685. The van der Waals surface area contributed by atoms with E-state index in [-0.39, 0.29) is 0 Å². The van der Waals surface area contributed by atoms with Crippen molar-refractivity contribution in [1.82, 2.24) is 4.98 Å². The number of halogens is 1. The molecule has 1 N–H and O–H groups in total. The summed E-state index contributed by atoms with van der Waals surface area (Å²) in [6.45, 7) is 2.23. The van der Waals surface area contributed by atoms with E-state index in [4.69, 9.17) is 11.6 Å². The second kappa shape index (κ2) is 5.10. The van der Waals surface area contributed by atoms with Gasteiger partial charge in [0.15, 0.2) is 0 Å². The van der Waals surface area contributed by atoms with Crippen LogP contribution in [0.15, 0.2) is 54.7 Å². The van der Waals surface area contributed by atoms with Gasteiger partial charge >= 0.3 is 0 Å². The predicted octanol–water partition coefficient (Wildman–Crippen LogP) is 5.36. The molecule has 1 atom stereocenters. The normalized spacial score (nSPS) is 12.7. The van der Waals surface area contributed by atoms with Gasteiger partial charge in [0.25, 0.3) is 0 Å². The zero-order valence-corrected chi connectivity index (χ0v) is 11.6. The van der Waals surface area contributed by atoms with Gasteiger partial charge in [-0.1, -0.05) is 54.9 Å². The highest BCUT2D eigenvalue weighted by molar-refractivity contribution is 6.31. The van der Waals surface area contributed by atoms with Crippen LogP contribution in [0.5, 0.6) is 0 Å². The molecule has 1 nitrogen and oxygen atoms in total. The molecular formula is C17H16ClN. The minimum atomic E-state index is 0.427. The molecule has 2 aromatic carbocycles. The second-order valence-corrected chi connectivity index (χ2v) is 5.24. The van der Waals surface area contributed by atoms with Crippen molar-refractivity contribution in [2.24, 2.45) is 0 Å². The van der Waals surface area contributed by atoms with Crippen LogP contribution in [0, 0.1) is 0 Å². The highest BCUT2D eigenvalue weighted by Crippen LogP contribution is 2.33. The van der Waals surface area contributed by atoms with E-state index in [0.717, 1.165) is 17.0 Å². The van der Waals surface area contributed by atoms with E-state index in [1.165, 1.54) is 16.5 Å². The maximum atomic E-state index is 6.04. The van der Waals surface area contributed by atoms with E-state index >= 15 is 0 Å². The Labute approximate surface area is 118 Å². The topological polar surface area (TPSA) is 15.8 Å². The lowest BCUT2D eigenvalue weighted by atomic mass is 9.89. The van der Waals surface area contributed by atoms with Gasteiger partial charge in [0.2, 0.25) is 0 Å². The van der Waals surface area contributed by atoms with Gasteiger partial charge in [-0.2, -0.15) is 0 Å². The van der Waals surface area contributed by atoms with Crippen LogP contribution in [0.25, 0.3) is 10.9 Å². The third kappa shape index (κ3) is 2.26. The van der Waals surface area contributed by atoms with Gasteiger partial charge in [-0.25, -0.2) is 0 Å². The van der Waals surface area contributed by atoms with Crippen molar-refractivity contribution in [2.45, 2.75) is 19.3 Å². The van der Waals surface area contributed by atoms with Crippen molar-refractivity contribution < 1.29 is 0 Å². The molecule has 3 aromatic rings. The number of aromatic nitrogens is 1. The van der Waals surface area contributed by atoms with Gasteiger partial charge in [0.05, 0.1) is 0 Å². The van der Waals surface area contributed by atoms with E-state index in [1.54, 1.807) is 0 Å². The van der Waals surface area contributed by atoms with Crippen molar-refractivity contribution in [2.75, 3.05) is 0 Å². The molecule has 1 aromatic heterocycles. The Hall–Kier alpha value is -1.73. The molecule has 0 spiro atoms. The first kappa shape index (κ1) is 12.3. The summed E-state index contributed by atoms with van der Waals surface area (Å²) in [6, 6.07) is 16.7. The molecule has 0 aliphatic heterocycles. The minimum Gasteiger partial charge on any atom is -0.361 e. The number of fused-ring (bicyclic) bond motifs is 1. The van der Waals surface area contributed by atoms with Crippen LogP contribution in [0.3, 0.4) is 0 Å². The third-order valence-corrected chi connectivity index (χ3v) is 3.90. The summed E-state index contributed by atoms with van der Waals surface area (Å²) >= 11 is 6.04. The summed E-state index contributed by atoms with van der Waals surface area (Å²) < 4.78 is 0. The fourth-order valence-electron chi connectivity index (χ4n) is 2.73. The zero-order valence-electron chi connectivity index (χ0n) is 10.9. The Morgan fingerprint density at radius 1 is 1.11 bits per heavy atom. The number of hydrogen-bond donors (Lipinski definition) is 1. The van der Waals surface area contributed by atoms with Gasteiger partial charge in [-0.05, 0) is 29.7 Å². The summed E-state index contributed by atoms with van der Waals surface area (Å²) in [4.78, 5) is 3.33. The molecule has 1 heterocycles. The van der Waals surface area contributed by atoms with Crippen molar-refractivity contribution in [3.05, 3.63) is 70.9 Å². The SMILES string of the molecule is CCC(c1ccccc1)c1c[nH]c2cc(Cl)ccc12. The standard InChI is InChI=1S/C17H16ClN/c1-2-14(12-6-4-3-5-7-12)16-11-19-17-10-13(18)8-9-15(16)17/h3-11,14,19H,2H2,1H3. The molecule has 0 amide bonds. The van der Waals surface area contributed by atoms with E-state index < -0.39 is 0 Å². The summed E-state index contributed by atoms with van der Waals surface area (Å²) in [7, 11) is 0. The Morgan fingerprint density at radius 3 is 2.63 bits per heavy atom. The van der Waals surface area contributed by atoms with Crippen LogP contribution in [0.1, 0.15) is 30.4 Å². The first-order chi connectivity index (χ1) is 9.29. The van der Waals surface area contributed by atoms with E-state index in [9.17, 15) is 0 Å². The maximum absolute atomic E-state index is 6.04. The van der Waals surface area contributed by atoms with Crippen molar-refractivity contribution in [3.8, 4) is 0 Å². The number of aromatic amines is 1. The van der Waals surface area contributed by atoms with E-state index in [1.807, 2.05) is 12.1 Å². The number of rotatable bonds is 3. The average Bonchev–Trinajstić information content (AvgIpc) is 2.84. The Kier molecular flexibility index (Phi) is 3.31. The van der Waals surface area contributed by atoms with Crippen molar-refractivity contribution in [1.29, 1.82) is 0 Å². The van der Waals surface area contributed by atoms with E-state index in [2.05, 4.69) is 54.5 Å². The van der Waals surface area contributed by atoms with Crippen LogP contribution >= 0.6 is 11.6 Å². The van der Waals surface area contributed by atoms with Gasteiger partial charge in [0.1, 0.15) is 0 Å². The minimum absolute atomic E-state index is 0.427. The summed E-state index contributed by atoms with van der Waals surface area (Å²) in [6.07, 6.45) is 3.20. The quantitative estimate of drug-likeness (QED) is 0.658. The van der Waals surface area contributed by atoms with Gasteiger partial charge in [-0.15, -0.1) is 0 Å². The van der Waals surface area contributed by atoms with Crippen LogP contribution in [-0.2, 0) is 0 Å². The third-order valence-electron chi connectivity index (χ3n) is 3.66. The number of hydrogen-bond acceptors (Lipinski definition) is 0. The largest absolute Gasteiger partial charge is 0.361 e. The van der Waals surface area contributed by atoms with Gasteiger partial charge in [0, 0.05) is 28.0 Å². The van der Waals surface area contributed by atoms with Crippen LogP contribution < -0.4 is 0 Å². The average molecular weight is 270 g/mol. The van der Waals surface area contributed by atoms with E-state index in [0.29, 0.717) is 5.92 Å². The number of H-pyrrole nitrogens is 1. The zero-order chi connectivity index (χ0) is 13.2. The first-order valence-electron chi connectivity index (χ1n) is 6.61. The van der Waals surface area contributed by atoms with Crippen molar-refractivity contribution >= 4 is 22.5 Å². The number of nitrogens with one attached hydrogen (secondary N) is 1. The molecular weight excluding hydrogens is 254 g/mol. The van der Waals surface area contributed by atoms with Crippen LogP contribution in [0.4, 0.5) is 0 Å². The Balaban J connectivity index is 2.12. The monoisotopic (exact) mass is 269 g/mol. The van der Waals surface area contributed by atoms with Gasteiger partial charge in [-0.3, -0.25) is 0 Å². The first-order valence-corrected chi connectivity index (χ1v) is 6.99. The molecule has 0 bridgehead atoms. The maximum Gasteiger partial charge on any atom is 0.0471 e. The Morgan fingerprint density at radius 2 is 1.89 bits per heavy atom. The van der Waals surface area contributed by atoms with Crippen molar-refractivity contribution in [3.63, 3.8) is 0 Å². The molecule has 0 saturated heterocycles. The molecule has 2 heteroatoms. The highest BCUT2D eigenvalue weighted by atomic mass is 35.5. The molecule has 0 aliphatic carbocycles. The fraction of sp³-hybridized carbons (Fsp3) is 0.176. The highest BCUT2D eigenvalue weighted by Gasteiger charge is 2.15. The van der Waals surface area contributed by atoms with Crippen LogP contribution in [0.2, 0.25) is 5.02 Å². The predicted molar refractivity (Wildman–Crippen MR) is 81.9 cm³/mol.